The van der Waals surface area contributed by atoms with Crippen molar-refractivity contribution in [2.24, 2.45) is 0 Å². The molecule has 0 spiro atoms. The summed E-state index contributed by atoms with van der Waals surface area (Å²) in [4.78, 5) is 10.4. The van der Waals surface area contributed by atoms with Crippen LogP contribution in [0.3, 0.4) is 0 Å². The van der Waals surface area contributed by atoms with E-state index >= 15 is 0 Å². The van der Waals surface area contributed by atoms with E-state index in [9.17, 15) is 15.0 Å². The lowest BCUT2D eigenvalue weighted by atomic mass is 10.0. The Morgan fingerprint density at radius 2 is 1.30 bits per heavy atom. The minimum absolute atomic E-state index is 0.451. The molecule has 0 heterocycles. The van der Waals surface area contributed by atoms with Crippen molar-refractivity contribution in [3.63, 3.8) is 0 Å². The normalized spacial score (nSPS) is 12.6. The van der Waals surface area contributed by atoms with Gasteiger partial charge >= 0.3 is 5.97 Å². The summed E-state index contributed by atoms with van der Waals surface area (Å²) in [5, 5.41) is 36.7. The summed E-state index contributed by atoms with van der Waals surface area (Å²) in [5.41, 5.74) is 0. The second-order valence-corrected chi connectivity index (χ2v) is 6.35. The van der Waals surface area contributed by atoms with Crippen LogP contribution in [0.25, 0.3) is 0 Å². The van der Waals surface area contributed by atoms with E-state index < -0.39 is 17.5 Å². The third-order valence-corrected chi connectivity index (χ3v) is 3.99. The predicted molar refractivity (Wildman–Crippen MR) is 91.2 cm³/mol. The van der Waals surface area contributed by atoms with Crippen LogP contribution < -0.4 is 0 Å². The van der Waals surface area contributed by atoms with E-state index in [1.54, 1.807) is 0 Å². The first-order chi connectivity index (χ1) is 10.9. The van der Waals surface area contributed by atoms with Crippen molar-refractivity contribution in [2.75, 3.05) is 0 Å². The van der Waals surface area contributed by atoms with Crippen LogP contribution in [0, 0.1) is 0 Å². The molecule has 0 amide bonds. The Hall–Kier alpha value is -1.07. The molecule has 0 aromatic carbocycles. The lowest BCUT2D eigenvalue weighted by molar-refractivity contribution is -0.171. The summed E-state index contributed by atoms with van der Waals surface area (Å²) < 4.78 is 0. The molecule has 0 fully saturated rings. The average molecular weight is 330 g/mol. The summed E-state index contributed by atoms with van der Waals surface area (Å²) in [7, 11) is 0. The third-order valence-electron chi connectivity index (χ3n) is 3.99. The third kappa shape index (κ3) is 14.3. The monoisotopic (exact) mass is 330 g/mol. The first kappa shape index (κ1) is 21.9. The summed E-state index contributed by atoms with van der Waals surface area (Å²) >= 11 is 0. The largest absolute Gasteiger partial charge is 0.502 e. The maximum Gasteiger partial charge on any atom is 0.370 e. The Balaban J connectivity index is 3.31. The molecular formula is C18H34O5. The van der Waals surface area contributed by atoms with Gasteiger partial charge in [-0.25, -0.2) is 4.79 Å². The number of aliphatic hydroxyl groups is 3. The molecule has 0 rings (SSSR count). The average Bonchev–Trinajstić information content (AvgIpc) is 2.47. The van der Waals surface area contributed by atoms with Gasteiger partial charge in [-0.05, 0) is 25.3 Å². The van der Waals surface area contributed by atoms with Crippen LogP contribution in [-0.4, -0.2) is 32.2 Å². The summed E-state index contributed by atoms with van der Waals surface area (Å²) in [6.45, 7) is 1.95. The number of hydrogen-bond donors (Lipinski definition) is 4. The standard InChI is InChI=1S/C18H34O5/c1-2-14-18(22,23)15-12-10-8-6-4-3-5-7-9-11-13-16(19)17(20)21/h13,19,22-23H,2-12,14-15H2,1H3,(H,20,21)/b16-13-. The van der Waals surface area contributed by atoms with Crippen molar-refractivity contribution in [1.82, 2.24) is 0 Å². The SMILES string of the molecule is CCCC(O)(O)CCCCCCCCCCC/C=C(\O)C(=O)O. The maximum atomic E-state index is 10.4. The Morgan fingerprint density at radius 1 is 0.826 bits per heavy atom. The van der Waals surface area contributed by atoms with Crippen molar-refractivity contribution < 1.29 is 25.2 Å². The highest BCUT2D eigenvalue weighted by Crippen LogP contribution is 2.18. The summed E-state index contributed by atoms with van der Waals surface area (Å²) in [5.74, 6) is -3.30. The molecule has 23 heavy (non-hydrogen) atoms. The Labute approximate surface area is 140 Å². The summed E-state index contributed by atoms with van der Waals surface area (Å²) in [6, 6.07) is 0. The van der Waals surface area contributed by atoms with Gasteiger partial charge in [0, 0.05) is 12.8 Å². The van der Waals surface area contributed by atoms with E-state index in [-0.39, 0.29) is 0 Å². The number of aliphatic hydroxyl groups excluding tert-OH is 1. The summed E-state index contributed by atoms with van der Waals surface area (Å²) in [6.07, 6.45) is 13.4. The molecule has 0 atom stereocenters. The fourth-order valence-electron chi connectivity index (χ4n) is 2.64. The highest BCUT2D eigenvalue weighted by Gasteiger charge is 2.20. The topological polar surface area (TPSA) is 98.0 Å². The zero-order chi connectivity index (χ0) is 17.6. The van der Waals surface area contributed by atoms with Crippen molar-refractivity contribution in [2.45, 2.75) is 96.2 Å². The number of carboxylic acid groups (broad SMARTS) is 1. The Morgan fingerprint density at radius 3 is 1.78 bits per heavy atom. The Kier molecular flexibility index (Phi) is 12.8. The molecule has 0 aromatic rings. The quantitative estimate of drug-likeness (QED) is 0.155. The molecule has 5 nitrogen and oxygen atoms in total. The van der Waals surface area contributed by atoms with E-state index in [0.29, 0.717) is 19.3 Å². The van der Waals surface area contributed by atoms with Crippen LogP contribution in [-0.2, 0) is 4.79 Å². The molecule has 0 radical (unpaired) electrons. The van der Waals surface area contributed by atoms with Gasteiger partial charge in [0.15, 0.2) is 11.5 Å². The van der Waals surface area contributed by atoms with Crippen molar-refractivity contribution in [3.05, 3.63) is 11.8 Å². The lowest BCUT2D eigenvalue weighted by Crippen LogP contribution is -2.27. The maximum absolute atomic E-state index is 10.4. The van der Waals surface area contributed by atoms with Gasteiger partial charge in [0.05, 0.1) is 0 Å². The fraction of sp³-hybridized carbons (Fsp3) is 0.833. The molecule has 0 aliphatic heterocycles. The Bertz CT molecular complexity index is 336. The van der Waals surface area contributed by atoms with Gasteiger partial charge in [0.2, 0.25) is 0 Å². The molecule has 4 N–H and O–H groups in total. The highest BCUT2D eigenvalue weighted by atomic mass is 16.5. The zero-order valence-electron chi connectivity index (χ0n) is 14.5. The van der Waals surface area contributed by atoms with Gasteiger partial charge in [-0.15, -0.1) is 0 Å². The molecule has 136 valence electrons. The first-order valence-electron chi connectivity index (χ1n) is 8.96. The molecule has 5 heteroatoms. The highest BCUT2D eigenvalue weighted by molar-refractivity contribution is 5.83. The number of aliphatic carboxylic acids is 1. The molecule has 0 saturated heterocycles. The lowest BCUT2D eigenvalue weighted by Gasteiger charge is -2.20. The van der Waals surface area contributed by atoms with Crippen LogP contribution in [0.1, 0.15) is 90.4 Å². The van der Waals surface area contributed by atoms with Gasteiger partial charge in [-0.3, -0.25) is 0 Å². The predicted octanol–water partition coefficient (Wildman–Crippen LogP) is 4.29. The molecule has 0 bridgehead atoms. The number of unbranched alkanes of at least 4 members (excludes halogenated alkanes) is 9. The van der Waals surface area contributed by atoms with Crippen LogP contribution in [0.2, 0.25) is 0 Å². The zero-order valence-corrected chi connectivity index (χ0v) is 14.5. The van der Waals surface area contributed by atoms with E-state index in [1.165, 1.54) is 25.3 Å². The van der Waals surface area contributed by atoms with Gasteiger partial charge in [-0.1, -0.05) is 58.3 Å². The number of rotatable bonds is 15. The second kappa shape index (κ2) is 13.4. The first-order valence-corrected chi connectivity index (χ1v) is 8.96. The molecule has 0 aliphatic rings. The smallest absolute Gasteiger partial charge is 0.370 e. The second-order valence-electron chi connectivity index (χ2n) is 6.35. The van der Waals surface area contributed by atoms with Crippen LogP contribution in [0.4, 0.5) is 0 Å². The number of hydrogen-bond acceptors (Lipinski definition) is 4. The van der Waals surface area contributed by atoms with Crippen LogP contribution in [0.15, 0.2) is 11.8 Å². The van der Waals surface area contributed by atoms with E-state index in [4.69, 9.17) is 10.2 Å². The fourth-order valence-corrected chi connectivity index (χ4v) is 2.64. The molecule has 0 saturated carbocycles. The van der Waals surface area contributed by atoms with Gasteiger partial charge in [0.25, 0.3) is 0 Å². The van der Waals surface area contributed by atoms with E-state index in [2.05, 4.69) is 0 Å². The van der Waals surface area contributed by atoms with Gasteiger partial charge in [-0.2, -0.15) is 0 Å². The minimum atomic E-state index is -1.47. The minimum Gasteiger partial charge on any atom is -0.502 e. The number of allylic oxidation sites excluding steroid dienone is 1. The van der Waals surface area contributed by atoms with Crippen molar-refractivity contribution >= 4 is 5.97 Å². The van der Waals surface area contributed by atoms with Crippen LogP contribution >= 0.6 is 0 Å². The van der Waals surface area contributed by atoms with Crippen molar-refractivity contribution in [3.8, 4) is 0 Å². The van der Waals surface area contributed by atoms with Crippen LogP contribution in [0.5, 0.6) is 0 Å². The van der Waals surface area contributed by atoms with E-state index in [0.717, 1.165) is 44.9 Å². The molecular weight excluding hydrogens is 296 g/mol. The molecule has 0 aromatic heterocycles. The number of carboxylic acids is 1. The number of carbonyl (C=O) groups is 1. The van der Waals surface area contributed by atoms with E-state index in [1.807, 2.05) is 6.92 Å². The van der Waals surface area contributed by atoms with Gasteiger partial charge < -0.3 is 20.4 Å². The molecule has 0 aliphatic carbocycles. The molecule has 0 unspecified atom stereocenters. The van der Waals surface area contributed by atoms with Crippen molar-refractivity contribution in [1.29, 1.82) is 0 Å². The van der Waals surface area contributed by atoms with Gasteiger partial charge in [0.1, 0.15) is 0 Å².